The minimum atomic E-state index is -1.01. The van der Waals surface area contributed by atoms with Crippen LogP contribution >= 0.6 is 0 Å². The number of hydrogen-bond acceptors (Lipinski definition) is 4. The number of ether oxygens (including phenoxy) is 1. The molecular weight excluding hydrogens is 274 g/mol. The number of carbonyl (C=O) groups excluding carboxylic acids is 1. The molecule has 2 saturated heterocycles. The highest BCUT2D eigenvalue weighted by Gasteiger charge is 2.30. The summed E-state index contributed by atoms with van der Waals surface area (Å²) in [4.78, 5) is 27.1. The fourth-order valence-electron chi connectivity index (χ4n) is 2.87. The number of hydrogen-bond donors (Lipinski definition) is 2. The van der Waals surface area contributed by atoms with Crippen molar-refractivity contribution in [1.29, 1.82) is 0 Å². The molecule has 0 aromatic heterocycles. The van der Waals surface area contributed by atoms with Crippen molar-refractivity contribution in [2.45, 2.75) is 38.3 Å². The maximum atomic E-state index is 12.2. The average molecular weight is 299 g/mol. The Hall–Kier alpha value is -1.34. The monoisotopic (exact) mass is 299 g/mol. The number of urea groups is 1. The third-order valence-corrected chi connectivity index (χ3v) is 4.08. The third-order valence-electron chi connectivity index (χ3n) is 4.08. The summed E-state index contributed by atoms with van der Waals surface area (Å²) in [5.74, 6) is -1.01. The standard InChI is InChI=1S/C14H25N3O4/c1-2-5-16-6-3-11(4-7-16)15-14(20)17-8-9-21-12(10-17)13(18)19/h11-12H,2-10H2,1H3,(H,15,20)(H,18,19). The lowest BCUT2D eigenvalue weighted by Crippen LogP contribution is -2.54. The molecular formula is C14H25N3O4. The largest absolute Gasteiger partial charge is 0.479 e. The molecule has 0 aromatic rings. The van der Waals surface area contributed by atoms with Gasteiger partial charge >= 0.3 is 12.0 Å². The molecule has 0 saturated carbocycles. The molecule has 0 radical (unpaired) electrons. The van der Waals surface area contributed by atoms with E-state index in [-0.39, 0.29) is 25.2 Å². The zero-order chi connectivity index (χ0) is 15.2. The van der Waals surface area contributed by atoms with E-state index in [9.17, 15) is 9.59 Å². The van der Waals surface area contributed by atoms with Crippen molar-refractivity contribution in [3.05, 3.63) is 0 Å². The molecule has 2 N–H and O–H groups in total. The van der Waals surface area contributed by atoms with E-state index in [1.807, 2.05) is 0 Å². The average Bonchev–Trinajstić information content (AvgIpc) is 2.49. The lowest BCUT2D eigenvalue weighted by Gasteiger charge is -2.35. The number of carbonyl (C=O) groups is 2. The van der Waals surface area contributed by atoms with Crippen LogP contribution < -0.4 is 5.32 Å². The van der Waals surface area contributed by atoms with Crippen molar-refractivity contribution in [1.82, 2.24) is 15.1 Å². The normalized spacial score (nSPS) is 24.8. The van der Waals surface area contributed by atoms with Crippen molar-refractivity contribution in [3.8, 4) is 0 Å². The summed E-state index contributed by atoms with van der Waals surface area (Å²) in [6, 6.07) is 0.0234. The van der Waals surface area contributed by atoms with Gasteiger partial charge < -0.3 is 25.0 Å². The zero-order valence-corrected chi connectivity index (χ0v) is 12.6. The number of carboxylic acid groups (broad SMARTS) is 1. The van der Waals surface area contributed by atoms with Gasteiger partial charge in [-0.2, -0.15) is 0 Å². The number of morpholine rings is 1. The van der Waals surface area contributed by atoms with Gasteiger partial charge in [-0.05, 0) is 25.8 Å². The van der Waals surface area contributed by atoms with E-state index >= 15 is 0 Å². The number of aliphatic carboxylic acids is 1. The Balaban J connectivity index is 1.75. The summed E-state index contributed by atoms with van der Waals surface area (Å²) >= 11 is 0. The number of nitrogens with zero attached hydrogens (tertiary/aromatic N) is 2. The fraction of sp³-hybridized carbons (Fsp3) is 0.857. The first-order valence-electron chi connectivity index (χ1n) is 7.72. The van der Waals surface area contributed by atoms with E-state index in [0.717, 1.165) is 38.9 Å². The molecule has 0 bridgehead atoms. The minimum absolute atomic E-state index is 0.121. The van der Waals surface area contributed by atoms with Crippen LogP contribution in [0.4, 0.5) is 4.79 Å². The van der Waals surface area contributed by atoms with Crippen LogP contribution in [0, 0.1) is 0 Å². The molecule has 2 heterocycles. The van der Waals surface area contributed by atoms with Gasteiger partial charge in [0.2, 0.25) is 0 Å². The van der Waals surface area contributed by atoms with Gasteiger partial charge in [-0.25, -0.2) is 9.59 Å². The van der Waals surface area contributed by atoms with Crippen LogP contribution in [0.25, 0.3) is 0 Å². The number of amides is 2. The van der Waals surface area contributed by atoms with Crippen LogP contribution in [0.15, 0.2) is 0 Å². The highest BCUT2D eigenvalue weighted by atomic mass is 16.5. The molecule has 120 valence electrons. The molecule has 2 rings (SSSR count). The molecule has 2 aliphatic heterocycles. The van der Waals surface area contributed by atoms with Crippen molar-refractivity contribution >= 4 is 12.0 Å². The number of carboxylic acids is 1. The maximum absolute atomic E-state index is 12.2. The molecule has 2 amide bonds. The van der Waals surface area contributed by atoms with E-state index in [2.05, 4.69) is 17.1 Å². The van der Waals surface area contributed by atoms with E-state index in [4.69, 9.17) is 9.84 Å². The Morgan fingerprint density at radius 2 is 2.00 bits per heavy atom. The van der Waals surface area contributed by atoms with Gasteiger partial charge in [0.15, 0.2) is 6.10 Å². The van der Waals surface area contributed by atoms with E-state index in [0.29, 0.717) is 6.54 Å². The lowest BCUT2D eigenvalue weighted by molar-refractivity contribution is -0.154. The number of likely N-dealkylation sites (tertiary alicyclic amines) is 1. The number of piperidine rings is 1. The van der Waals surface area contributed by atoms with Crippen LogP contribution in [-0.2, 0) is 9.53 Å². The van der Waals surface area contributed by atoms with Gasteiger partial charge in [-0.15, -0.1) is 0 Å². The van der Waals surface area contributed by atoms with Gasteiger partial charge in [-0.3, -0.25) is 0 Å². The second-order valence-electron chi connectivity index (χ2n) is 5.71. The van der Waals surface area contributed by atoms with Crippen LogP contribution in [0.3, 0.4) is 0 Å². The lowest BCUT2D eigenvalue weighted by atomic mass is 10.1. The molecule has 1 unspecified atom stereocenters. The first-order chi connectivity index (χ1) is 10.1. The van der Waals surface area contributed by atoms with Crippen LogP contribution in [0.1, 0.15) is 26.2 Å². The maximum Gasteiger partial charge on any atom is 0.334 e. The predicted octanol–water partition coefficient (Wildman–Crippen LogP) is 0.356. The number of nitrogens with one attached hydrogen (secondary N) is 1. The van der Waals surface area contributed by atoms with Crippen molar-refractivity contribution in [2.75, 3.05) is 39.3 Å². The van der Waals surface area contributed by atoms with Crippen LogP contribution in [0.2, 0.25) is 0 Å². The van der Waals surface area contributed by atoms with Crippen molar-refractivity contribution < 1.29 is 19.4 Å². The molecule has 0 aliphatic carbocycles. The molecule has 0 aromatic carbocycles. The quantitative estimate of drug-likeness (QED) is 0.783. The summed E-state index contributed by atoms with van der Waals surface area (Å²) in [5.41, 5.74) is 0. The van der Waals surface area contributed by atoms with Crippen LogP contribution in [-0.4, -0.2) is 78.4 Å². The molecule has 0 spiro atoms. The minimum Gasteiger partial charge on any atom is -0.479 e. The second-order valence-corrected chi connectivity index (χ2v) is 5.71. The molecule has 7 heteroatoms. The smallest absolute Gasteiger partial charge is 0.334 e. The molecule has 21 heavy (non-hydrogen) atoms. The first-order valence-corrected chi connectivity index (χ1v) is 7.72. The first kappa shape index (κ1) is 16.0. The Morgan fingerprint density at radius 1 is 1.29 bits per heavy atom. The van der Waals surface area contributed by atoms with Crippen LogP contribution in [0.5, 0.6) is 0 Å². The zero-order valence-electron chi connectivity index (χ0n) is 12.6. The summed E-state index contributed by atoms with van der Waals surface area (Å²) in [6.45, 7) is 6.16. The van der Waals surface area contributed by atoms with Crippen molar-refractivity contribution in [3.63, 3.8) is 0 Å². The Labute approximate surface area is 125 Å². The van der Waals surface area contributed by atoms with Gasteiger partial charge in [-0.1, -0.05) is 6.92 Å². The third kappa shape index (κ3) is 4.57. The van der Waals surface area contributed by atoms with Crippen molar-refractivity contribution in [2.24, 2.45) is 0 Å². The predicted molar refractivity (Wildman–Crippen MR) is 77.2 cm³/mol. The molecule has 7 nitrogen and oxygen atoms in total. The summed E-state index contributed by atoms with van der Waals surface area (Å²) in [5, 5.41) is 12.0. The van der Waals surface area contributed by atoms with E-state index in [1.54, 1.807) is 4.90 Å². The number of rotatable bonds is 4. The topological polar surface area (TPSA) is 82.1 Å². The molecule has 2 fully saturated rings. The second kappa shape index (κ2) is 7.61. The Bertz CT molecular complexity index is 369. The molecule has 2 aliphatic rings. The van der Waals surface area contributed by atoms with E-state index < -0.39 is 12.1 Å². The summed E-state index contributed by atoms with van der Waals surface area (Å²) < 4.78 is 5.12. The highest BCUT2D eigenvalue weighted by Crippen LogP contribution is 2.12. The Morgan fingerprint density at radius 3 is 2.62 bits per heavy atom. The SMILES string of the molecule is CCCN1CCC(NC(=O)N2CCOC(C(=O)O)C2)CC1. The van der Waals surface area contributed by atoms with Gasteiger partial charge in [0.25, 0.3) is 0 Å². The van der Waals surface area contributed by atoms with Gasteiger partial charge in [0.05, 0.1) is 13.2 Å². The highest BCUT2D eigenvalue weighted by molar-refractivity contribution is 5.77. The van der Waals surface area contributed by atoms with Gasteiger partial charge in [0.1, 0.15) is 0 Å². The fourth-order valence-corrected chi connectivity index (χ4v) is 2.87. The summed E-state index contributed by atoms with van der Waals surface area (Å²) in [7, 11) is 0. The Kier molecular flexibility index (Phi) is 5.81. The molecule has 1 atom stereocenters. The van der Waals surface area contributed by atoms with Gasteiger partial charge in [0, 0.05) is 25.7 Å². The summed E-state index contributed by atoms with van der Waals surface area (Å²) in [6.07, 6.45) is 2.16. The van der Waals surface area contributed by atoms with E-state index in [1.165, 1.54) is 0 Å².